The number of hydrogen-bond donors (Lipinski definition) is 2. The van der Waals surface area contributed by atoms with E-state index in [4.69, 9.17) is 5.73 Å². The van der Waals surface area contributed by atoms with Crippen LogP contribution >= 0.6 is 0 Å². The number of aryl methyl sites for hydroxylation is 1. The fourth-order valence-electron chi connectivity index (χ4n) is 2.23. The monoisotopic (exact) mass is 325 g/mol. The molecule has 9 heteroatoms. The molecule has 3 rings (SSSR count). The van der Waals surface area contributed by atoms with E-state index in [0.29, 0.717) is 6.54 Å². The molecule has 2 heterocycles. The molecule has 122 valence electrons. The summed E-state index contributed by atoms with van der Waals surface area (Å²) in [4.78, 5) is 17.9. The summed E-state index contributed by atoms with van der Waals surface area (Å²) in [6, 6.07) is 7.94. The van der Waals surface area contributed by atoms with Gasteiger partial charge in [0.05, 0.1) is 11.1 Å². The molecule has 0 aliphatic heterocycles. The summed E-state index contributed by atoms with van der Waals surface area (Å²) in [7, 11) is 1.87. The number of nitrogens with two attached hydrogens (primary N) is 1. The van der Waals surface area contributed by atoms with E-state index in [1.807, 2.05) is 37.5 Å². The Morgan fingerprint density at radius 1 is 1.33 bits per heavy atom. The number of anilines is 2. The molecule has 0 aliphatic carbocycles. The van der Waals surface area contributed by atoms with Crippen molar-refractivity contribution in [3.8, 4) is 11.1 Å². The lowest BCUT2D eigenvalue weighted by molar-refractivity contribution is -0.384. The van der Waals surface area contributed by atoms with Crippen LogP contribution in [0.1, 0.15) is 5.56 Å². The molecule has 0 amide bonds. The highest BCUT2D eigenvalue weighted by atomic mass is 16.6. The molecule has 0 radical (unpaired) electrons. The predicted octanol–water partition coefficient (Wildman–Crippen LogP) is 1.98. The number of rotatable bonds is 5. The number of nitrogens with zero attached hydrogens (tertiary/aromatic N) is 5. The Morgan fingerprint density at radius 2 is 2.17 bits per heavy atom. The topological polar surface area (TPSA) is 125 Å². The first kappa shape index (κ1) is 15.4. The summed E-state index contributed by atoms with van der Waals surface area (Å²) in [6.45, 7) is 0.464. The van der Waals surface area contributed by atoms with E-state index in [0.717, 1.165) is 22.9 Å². The van der Waals surface area contributed by atoms with Crippen LogP contribution in [0.25, 0.3) is 11.1 Å². The van der Waals surface area contributed by atoms with E-state index in [-0.39, 0.29) is 17.5 Å². The second kappa shape index (κ2) is 6.32. The number of nitro groups is 1. The minimum Gasteiger partial charge on any atom is -0.378 e. The summed E-state index contributed by atoms with van der Waals surface area (Å²) in [5.74, 6) is 0.0755. The Balaban J connectivity index is 1.73. The standard InChI is InChI=1S/C15H15N7O2/c1-21-9-12(7-19-21)11-4-2-3-10(5-11)6-17-15-18-8-13(22(23)24)14(16)20-15/h2-5,7-9H,6H2,1H3,(H3,16,17,18,20). The molecule has 2 aromatic heterocycles. The summed E-state index contributed by atoms with van der Waals surface area (Å²) >= 11 is 0. The van der Waals surface area contributed by atoms with E-state index >= 15 is 0 Å². The van der Waals surface area contributed by atoms with E-state index < -0.39 is 4.92 Å². The van der Waals surface area contributed by atoms with E-state index in [1.54, 1.807) is 10.9 Å². The SMILES string of the molecule is Cn1cc(-c2cccc(CNc3ncc([N+](=O)[O-])c(N)n3)c2)cn1. The van der Waals surface area contributed by atoms with Gasteiger partial charge in [-0.15, -0.1) is 0 Å². The van der Waals surface area contributed by atoms with E-state index in [1.165, 1.54) is 0 Å². The van der Waals surface area contributed by atoms with Crippen LogP contribution in [0, 0.1) is 10.1 Å². The van der Waals surface area contributed by atoms with Gasteiger partial charge < -0.3 is 11.1 Å². The van der Waals surface area contributed by atoms with Crippen molar-refractivity contribution >= 4 is 17.5 Å². The average Bonchev–Trinajstić information content (AvgIpc) is 2.99. The van der Waals surface area contributed by atoms with Crippen molar-refractivity contribution in [1.29, 1.82) is 0 Å². The third-order valence-electron chi connectivity index (χ3n) is 3.41. The Morgan fingerprint density at radius 3 is 2.83 bits per heavy atom. The van der Waals surface area contributed by atoms with Gasteiger partial charge >= 0.3 is 5.69 Å². The smallest absolute Gasteiger partial charge is 0.329 e. The number of nitrogen functional groups attached to an aromatic ring is 1. The minimum atomic E-state index is -0.615. The third kappa shape index (κ3) is 3.29. The molecule has 1 aromatic carbocycles. The average molecular weight is 325 g/mol. The number of aromatic nitrogens is 4. The summed E-state index contributed by atoms with van der Waals surface area (Å²) in [5, 5.41) is 17.9. The van der Waals surface area contributed by atoms with Crippen LogP contribution in [0.2, 0.25) is 0 Å². The van der Waals surface area contributed by atoms with Gasteiger partial charge in [-0.05, 0) is 17.2 Å². The maximum Gasteiger partial charge on any atom is 0.329 e. The Labute approximate surface area is 137 Å². The Kier molecular flexibility index (Phi) is 4.06. The molecule has 0 fully saturated rings. The Bertz CT molecular complexity index is 891. The maximum atomic E-state index is 10.7. The van der Waals surface area contributed by atoms with Gasteiger partial charge in [-0.25, -0.2) is 4.98 Å². The van der Waals surface area contributed by atoms with Crippen molar-refractivity contribution < 1.29 is 4.92 Å². The molecule has 9 nitrogen and oxygen atoms in total. The lowest BCUT2D eigenvalue weighted by Gasteiger charge is -2.07. The third-order valence-corrected chi connectivity index (χ3v) is 3.41. The van der Waals surface area contributed by atoms with Gasteiger partial charge in [-0.2, -0.15) is 10.1 Å². The highest BCUT2D eigenvalue weighted by Gasteiger charge is 2.14. The molecule has 3 aromatic rings. The summed E-state index contributed by atoms with van der Waals surface area (Å²) < 4.78 is 1.74. The first-order valence-electron chi connectivity index (χ1n) is 7.11. The van der Waals surface area contributed by atoms with Gasteiger partial charge in [0.1, 0.15) is 6.20 Å². The zero-order valence-corrected chi connectivity index (χ0v) is 12.9. The van der Waals surface area contributed by atoms with Gasteiger partial charge in [-0.3, -0.25) is 14.8 Å². The van der Waals surface area contributed by atoms with Gasteiger partial charge in [0.25, 0.3) is 0 Å². The molecular formula is C15H15N7O2. The molecule has 0 atom stereocenters. The predicted molar refractivity (Wildman–Crippen MR) is 89.1 cm³/mol. The van der Waals surface area contributed by atoms with Crippen molar-refractivity contribution in [3.05, 3.63) is 58.5 Å². The fraction of sp³-hybridized carbons (Fsp3) is 0.133. The zero-order chi connectivity index (χ0) is 17.1. The van der Waals surface area contributed by atoms with Crippen LogP contribution in [-0.2, 0) is 13.6 Å². The van der Waals surface area contributed by atoms with Gasteiger partial charge in [0, 0.05) is 25.4 Å². The lowest BCUT2D eigenvalue weighted by atomic mass is 10.1. The van der Waals surface area contributed by atoms with Crippen LogP contribution in [0.15, 0.2) is 42.9 Å². The van der Waals surface area contributed by atoms with Crippen LogP contribution in [0.3, 0.4) is 0 Å². The van der Waals surface area contributed by atoms with E-state index in [2.05, 4.69) is 20.4 Å². The van der Waals surface area contributed by atoms with Gasteiger partial charge in [0.15, 0.2) is 0 Å². The van der Waals surface area contributed by atoms with Gasteiger partial charge in [0.2, 0.25) is 11.8 Å². The molecule has 0 saturated carbocycles. The summed E-state index contributed by atoms with van der Waals surface area (Å²) in [5.41, 5.74) is 8.33. The van der Waals surface area contributed by atoms with E-state index in [9.17, 15) is 10.1 Å². The van der Waals surface area contributed by atoms with Crippen LogP contribution < -0.4 is 11.1 Å². The van der Waals surface area contributed by atoms with Gasteiger partial charge in [-0.1, -0.05) is 18.2 Å². The van der Waals surface area contributed by atoms with Crippen LogP contribution in [0.5, 0.6) is 0 Å². The first-order valence-corrected chi connectivity index (χ1v) is 7.11. The highest BCUT2D eigenvalue weighted by Crippen LogP contribution is 2.21. The largest absolute Gasteiger partial charge is 0.378 e. The molecular weight excluding hydrogens is 310 g/mol. The molecule has 0 bridgehead atoms. The second-order valence-corrected chi connectivity index (χ2v) is 5.18. The van der Waals surface area contributed by atoms with Crippen LogP contribution in [-0.4, -0.2) is 24.7 Å². The quantitative estimate of drug-likeness (QED) is 0.542. The molecule has 24 heavy (non-hydrogen) atoms. The molecule has 0 unspecified atom stereocenters. The second-order valence-electron chi connectivity index (χ2n) is 5.18. The van der Waals surface area contributed by atoms with Crippen molar-refractivity contribution in [2.45, 2.75) is 6.54 Å². The van der Waals surface area contributed by atoms with Crippen LogP contribution in [0.4, 0.5) is 17.5 Å². The molecule has 0 saturated heterocycles. The summed E-state index contributed by atoms with van der Waals surface area (Å²) in [6.07, 6.45) is 4.83. The number of nitrogens with one attached hydrogen (secondary N) is 1. The lowest BCUT2D eigenvalue weighted by Crippen LogP contribution is -2.07. The molecule has 3 N–H and O–H groups in total. The zero-order valence-electron chi connectivity index (χ0n) is 12.9. The Hall–Kier alpha value is -3.49. The highest BCUT2D eigenvalue weighted by molar-refractivity contribution is 5.62. The number of hydrogen-bond acceptors (Lipinski definition) is 7. The molecule has 0 aliphatic rings. The van der Waals surface area contributed by atoms with Crippen molar-refractivity contribution in [2.24, 2.45) is 7.05 Å². The minimum absolute atomic E-state index is 0.165. The van der Waals surface area contributed by atoms with Crippen molar-refractivity contribution in [1.82, 2.24) is 19.7 Å². The first-order chi connectivity index (χ1) is 11.5. The fourth-order valence-corrected chi connectivity index (χ4v) is 2.23. The molecule has 0 spiro atoms. The normalized spacial score (nSPS) is 10.5. The van der Waals surface area contributed by atoms with Crippen molar-refractivity contribution in [2.75, 3.05) is 11.1 Å². The number of benzene rings is 1. The van der Waals surface area contributed by atoms with Crippen molar-refractivity contribution in [3.63, 3.8) is 0 Å². The maximum absolute atomic E-state index is 10.7.